The molecular weight excluding hydrogens is 294 g/mol. The van der Waals surface area contributed by atoms with Crippen LogP contribution in [-0.2, 0) is 4.79 Å². The minimum Gasteiger partial charge on any atom is -0.343 e. The Kier molecular flexibility index (Phi) is 13.3. The van der Waals surface area contributed by atoms with Crippen molar-refractivity contribution in [2.75, 3.05) is 13.1 Å². The number of unbranched alkanes of at least 4 members (excludes halogenated alkanes) is 9. The summed E-state index contributed by atoms with van der Waals surface area (Å²) < 4.78 is 0. The molecule has 2 nitrogen and oxygen atoms in total. The molecule has 1 rings (SSSR count). The van der Waals surface area contributed by atoms with Crippen molar-refractivity contribution < 1.29 is 4.79 Å². The summed E-state index contributed by atoms with van der Waals surface area (Å²) in [5.41, 5.74) is 0. The number of carbonyl (C=O) groups is 1. The second-order valence-electron chi connectivity index (χ2n) is 8.06. The highest BCUT2D eigenvalue weighted by molar-refractivity contribution is 5.76. The van der Waals surface area contributed by atoms with Gasteiger partial charge in [-0.3, -0.25) is 4.79 Å². The first-order valence-corrected chi connectivity index (χ1v) is 11.0. The lowest BCUT2D eigenvalue weighted by Crippen LogP contribution is -2.27. The van der Waals surface area contributed by atoms with E-state index in [1.807, 2.05) is 0 Å². The second kappa shape index (κ2) is 14.8. The van der Waals surface area contributed by atoms with E-state index in [0.717, 1.165) is 31.8 Å². The van der Waals surface area contributed by atoms with E-state index in [4.69, 9.17) is 0 Å². The summed E-state index contributed by atoms with van der Waals surface area (Å²) in [5.74, 6) is 1.33. The predicted octanol–water partition coefficient (Wildman–Crippen LogP) is 6.73. The van der Waals surface area contributed by atoms with E-state index in [2.05, 4.69) is 18.7 Å². The average Bonchev–Trinajstić information content (AvgIpc) is 3.11. The van der Waals surface area contributed by atoms with Crippen LogP contribution in [0.15, 0.2) is 0 Å². The van der Waals surface area contributed by atoms with Gasteiger partial charge in [-0.05, 0) is 25.2 Å². The summed E-state index contributed by atoms with van der Waals surface area (Å²) in [6, 6.07) is 0. The van der Waals surface area contributed by atoms with Crippen molar-refractivity contribution in [3.05, 3.63) is 0 Å². The summed E-state index contributed by atoms with van der Waals surface area (Å²) in [6.07, 6.45) is 20.9. The van der Waals surface area contributed by atoms with Crippen LogP contribution in [0.1, 0.15) is 117 Å². The van der Waals surface area contributed by atoms with Crippen LogP contribution in [0.3, 0.4) is 0 Å². The molecular formula is C22H43NO. The summed E-state index contributed by atoms with van der Waals surface area (Å²) in [5, 5.41) is 0. The van der Waals surface area contributed by atoms with Crippen molar-refractivity contribution in [2.24, 2.45) is 5.92 Å². The van der Waals surface area contributed by atoms with Crippen LogP contribution < -0.4 is 0 Å². The molecule has 2 heteroatoms. The van der Waals surface area contributed by atoms with Crippen molar-refractivity contribution in [1.29, 1.82) is 0 Å². The van der Waals surface area contributed by atoms with Crippen molar-refractivity contribution in [3.8, 4) is 0 Å². The lowest BCUT2D eigenvalue weighted by Gasteiger charge is -2.14. The molecule has 0 spiro atoms. The van der Waals surface area contributed by atoms with E-state index in [0.29, 0.717) is 5.91 Å². The smallest absolute Gasteiger partial charge is 0.222 e. The van der Waals surface area contributed by atoms with Crippen LogP contribution in [0, 0.1) is 5.92 Å². The third-order valence-electron chi connectivity index (χ3n) is 5.60. The minimum atomic E-state index is 0.403. The number of likely N-dealkylation sites (tertiary alicyclic amines) is 1. The van der Waals surface area contributed by atoms with Crippen LogP contribution in [0.5, 0.6) is 0 Å². The fraction of sp³-hybridized carbons (Fsp3) is 0.955. The van der Waals surface area contributed by atoms with Crippen molar-refractivity contribution in [1.82, 2.24) is 4.90 Å². The summed E-state index contributed by atoms with van der Waals surface area (Å²) >= 11 is 0. The van der Waals surface area contributed by atoms with E-state index in [-0.39, 0.29) is 0 Å². The Hall–Kier alpha value is -0.530. The maximum atomic E-state index is 11.9. The average molecular weight is 338 g/mol. The third kappa shape index (κ3) is 11.1. The van der Waals surface area contributed by atoms with Gasteiger partial charge in [-0.1, -0.05) is 90.9 Å². The Labute approximate surface area is 151 Å². The fourth-order valence-corrected chi connectivity index (χ4v) is 3.84. The molecule has 0 radical (unpaired) electrons. The van der Waals surface area contributed by atoms with Crippen molar-refractivity contribution in [3.63, 3.8) is 0 Å². The quantitative estimate of drug-likeness (QED) is 0.303. The van der Waals surface area contributed by atoms with Gasteiger partial charge in [0.25, 0.3) is 0 Å². The summed E-state index contributed by atoms with van der Waals surface area (Å²) in [4.78, 5) is 14.0. The van der Waals surface area contributed by atoms with Gasteiger partial charge in [0, 0.05) is 19.5 Å². The Bertz CT molecular complexity index is 296. The zero-order valence-electron chi connectivity index (χ0n) is 16.7. The second-order valence-corrected chi connectivity index (χ2v) is 8.06. The Morgan fingerprint density at radius 2 is 1.29 bits per heavy atom. The molecule has 0 aliphatic carbocycles. The number of hydrogen-bond donors (Lipinski definition) is 0. The highest BCUT2D eigenvalue weighted by Gasteiger charge is 2.16. The molecule has 24 heavy (non-hydrogen) atoms. The standard InChI is InChI=1S/C22H43NO/c1-3-4-5-11-16-21(2)17-12-9-7-6-8-10-13-18-22(24)23-19-14-15-20-23/h21H,3-20H2,1-2H3. The van der Waals surface area contributed by atoms with Gasteiger partial charge in [0.15, 0.2) is 0 Å². The van der Waals surface area contributed by atoms with Crippen molar-refractivity contribution >= 4 is 5.91 Å². The number of hydrogen-bond acceptors (Lipinski definition) is 1. The molecule has 0 bridgehead atoms. The maximum Gasteiger partial charge on any atom is 0.222 e. The van der Waals surface area contributed by atoms with Gasteiger partial charge in [-0.15, -0.1) is 0 Å². The van der Waals surface area contributed by atoms with Gasteiger partial charge in [-0.2, -0.15) is 0 Å². The van der Waals surface area contributed by atoms with Crippen LogP contribution in [0.25, 0.3) is 0 Å². The summed E-state index contributed by atoms with van der Waals surface area (Å²) in [7, 11) is 0. The SMILES string of the molecule is CCCCCCC(C)CCCCCCCCCC(=O)N1CCCC1. The fourth-order valence-electron chi connectivity index (χ4n) is 3.84. The molecule has 1 unspecified atom stereocenters. The maximum absolute atomic E-state index is 11.9. The normalized spacial score (nSPS) is 15.8. The molecule has 0 saturated carbocycles. The number of rotatable bonds is 15. The molecule has 0 aromatic heterocycles. The highest BCUT2D eigenvalue weighted by Crippen LogP contribution is 2.18. The van der Waals surface area contributed by atoms with Crippen LogP contribution in [0.2, 0.25) is 0 Å². The van der Waals surface area contributed by atoms with E-state index in [1.165, 1.54) is 89.9 Å². The molecule has 0 aromatic rings. The molecule has 142 valence electrons. The van der Waals surface area contributed by atoms with Gasteiger partial charge >= 0.3 is 0 Å². The topological polar surface area (TPSA) is 20.3 Å². The lowest BCUT2D eigenvalue weighted by atomic mass is 9.96. The Morgan fingerprint density at radius 1 is 0.792 bits per heavy atom. The first-order valence-electron chi connectivity index (χ1n) is 11.0. The largest absolute Gasteiger partial charge is 0.343 e. The monoisotopic (exact) mass is 337 g/mol. The van der Waals surface area contributed by atoms with Gasteiger partial charge in [-0.25, -0.2) is 0 Å². The molecule has 1 aliphatic heterocycles. The zero-order chi connectivity index (χ0) is 17.5. The predicted molar refractivity (Wildman–Crippen MR) is 105 cm³/mol. The Balaban J connectivity index is 1.79. The first kappa shape index (κ1) is 21.5. The minimum absolute atomic E-state index is 0.403. The van der Waals surface area contributed by atoms with E-state index < -0.39 is 0 Å². The van der Waals surface area contributed by atoms with E-state index in [1.54, 1.807) is 0 Å². The molecule has 1 amide bonds. The van der Waals surface area contributed by atoms with Crippen LogP contribution in [0.4, 0.5) is 0 Å². The molecule has 0 aromatic carbocycles. The number of amides is 1. The first-order chi connectivity index (χ1) is 11.7. The molecule has 0 N–H and O–H groups in total. The van der Waals surface area contributed by atoms with Gasteiger partial charge in [0.2, 0.25) is 5.91 Å². The molecule has 1 fully saturated rings. The molecule has 1 atom stereocenters. The molecule has 1 heterocycles. The van der Waals surface area contributed by atoms with Gasteiger partial charge < -0.3 is 4.90 Å². The third-order valence-corrected chi connectivity index (χ3v) is 5.60. The Morgan fingerprint density at radius 3 is 1.88 bits per heavy atom. The molecule has 1 aliphatic rings. The van der Waals surface area contributed by atoms with E-state index >= 15 is 0 Å². The zero-order valence-corrected chi connectivity index (χ0v) is 16.7. The van der Waals surface area contributed by atoms with Gasteiger partial charge in [0.05, 0.1) is 0 Å². The number of nitrogens with zero attached hydrogens (tertiary/aromatic N) is 1. The van der Waals surface area contributed by atoms with Crippen LogP contribution in [-0.4, -0.2) is 23.9 Å². The van der Waals surface area contributed by atoms with Gasteiger partial charge in [0.1, 0.15) is 0 Å². The van der Waals surface area contributed by atoms with Crippen LogP contribution >= 0.6 is 0 Å². The molecule has 1 saturated heterocycles. The summed E-state index contributed by atoms with van der Waals surface area (Å²) in [6.45, 7) is 6.74. The highest BCUT2D eigenvalue weighted by atomic mass is 16.2. The van der Waals surface area contributed by atoms with Crippen molar-refractivity contribution in [2.45, 2.75) is 117 Å². The lowest BCUT2D eigenvalue weighted by molar-refractivity contribution is -0.130. The number of carbonyl (C=O) groups excluding carboxylic acids is 1. The van der Waals surface area contributed by atoms with E-state index in [9.17, 15) is 4.79 Å².